The van der Waals surface area contributed by atoms with Crippen LogP contribution in [-0.4, -0.2) is 50.2 Å². The molecule has 0 bridgehead atoms. The molecule has 17 heavy (non-hydrogen) atoms. The van der Waals surface area contributed by atoms with Gasteiger partial charge >= 0.3 is 0 Å². The summed E-state index contributed by atoms with van der Waals surface area (Å²) < 4.78 is 5.23. The Morgan fingerprint density at radius 3 is 2.65 bits per heavy atom. The fourth-order valence-corrected chi connectivity index (χ4v) is 2.73. The Morgan fingerprint density at radius 1 is 1.24 bits per heavy atom. The summed E-state index contributed by atoms with van der Waals surface area (Å²) in [6.45, 7) is 4.36. The first-order valence-electron chi connectivity index (χ1n) is 6.92. The molecule has 1 N–H and O–H groups in total. The van der Waals surface area contributed by atoms with E-state index in [1.165, 1.54) is 32.1 Å². The number of carbonyl (C=O) groups is 1. The van der Waals surface area contributed by atoms with Crippen LogP contribution < -0.4 is 5.32 Å². The number of amides is 1. The highest BCUT2D eigenvalue weighted by Gasteiger charge is 2.17. The number of hydrogen-bond acceptors (Lipinski definition) is 3. The molecule has 1 amide bonds. The Hall–Kier alpha value is -0.610. The highest BCUT2D eigenvalue weighted by Crippen LogP contribution is 2.26. The molecule has 4 nitrogen and oxygen atoms in total. The van der Waals surface area contributed by atoms with Crippen molar-refractivity contribution in [3.63, 3.8) is 0 Å². The average Bonchev–Trinajstić information content (AvgIpc) is 2.88. The first kappa shape index (κ1) is 12.8. The van der Waals surface area contributed by atoms with E-state index in [2.05, 4.69) is 5.32 Å². The summed E-state index contributed by atoms with van der Waals surface area (Å²) >= 11 is 0. The van der Waals surface area contributed by atoms with Crippen molar-refractivity contribution in [2.24, 2.45) is 5.92 Å². The van der Waals surface area contributed by atoms with Crippen LogP contribution in [-0.2, 0) is 9.53 Å². The summed E-state index contributed by atoms with van der Waals surface area (Å²) in [6.07, 6.45) is 6.81. The molecule has 0 atom stereocenters. The predicted molar refractivity (Wildman–Crippen MR) is 66.8 cm³/mol. The van der Waals surface area contributed by atoms with Crippen LogP contribution in [0.1, 0.15) is 32.1 Å². The van der Waals surface area contributed by atoms with Gasteiger partial charge in [-0.05, 0) is 18.9 Å². The normalized spacial score (nSPS) is 22.0. The molecule has 1 heterocycles. The van der Waals surface area contributed by atoms with Gasteiger partial charge in [-0.2, -0.15) is 0 Å². The van der Waals surface area contributed by atoms with E-state index in [-0.39, 0.29) is 5.91 Å². The summed E-state index contributed by atoms with van der Waals surface area (Å²) in [5.41, 5.74) is 0. The molecule has 98 valence electrons. The second-order valence-corrected chi connectivity index (χ2v) is 5.11. The molecule has 0 aromatic heterocycles. The lowest BCUT2D eigenvalue weighted by atomic mass is 10.0. The number of nitrogens with zero attached hydrogens (tertiary/aromatic N) is 1. The second kappa shape index (κ2) is 6.97. The van der Waals surface area contributed by atoms with Crippen LogP contribution in [0.15, 0.2) is 0 Å². The molecule has 1 aliphatic heterocycles. The molecule has 0 spiro atoms. The van der Waals surface area contributed by atoms with Gasteiger partial charge < -0.3 is 15.0 Å². The molecule has 2 fully saturated rings. The summed E-state index contributed by atoms with van der Waals surface area (Å²) in [4.78, 5) is 13.7. The summed E-state index contributed by atoms with van der Waals surface area (Å²) in [6, 6.07) is 0. The van der Waals surface area contributed by atoms with Crippen molar-refractivity contribution in [3.05, 3.63) is 0 Å². The highest BCUT2D eigenvalue weighted by atomic mass is 16.5. The molecule has 0 aromatic carbocycles. The predicted octanol–water partition coefficient (Wildman–Crippen LogP) is 1.02. The van der Waals surface area contributed by atoms with E-state index in [0.717, 1.165) is 25.6 Å². The first-order valence-corrected chi connectivity index (χ1v) is 6.92. The van der Waals surface area contributed by atoms with E-state index in [4.69, 9.17) is 4.74 Å². The van der Waals surface area contributed by atoms with Crippen molar-refractivity contribution < 1.29 is 9.53 Å². The molecule has 2 rings (SSSR count). The summed E-state index contributed by atoms with van der Waals surface area (Å²) in [5, 5.41) is 3.28. The Morgan fingerprint density at radius 2 is 1.94 bits per heavy atom. The topological polar surface area (TPSA) is 41.6 Å². The van der Waals surface area contributed by atoms with Crippen molar-refractivity contribution >= 4 is 5.91 Å². The van der Waals surface area contributed by atoms with Gasteiger partial charge in [0.25, 0.3) is 0 Å². The van der Waals surface area contributed by atoms with E-state index < -0.39 is 0 Å². The lowest BCUT2D eigenvalue weighted by Crippen LogP contribution is -2.44. The Kier molecular flexibility index (Phi) is 5.26. The Bertz CT molecular complexity index is 234. The first-order chi connectivity index (χ1) is 8.36. The fraction of sp³-hybridized carbons (Fsp3) is 0.923. The third kappa shape index (κ3) is 4.28. The largest absolute Gasteiger partial charge is 0.378 e. The van der Waals surface area contributed by atoms with Gasteiger partial charge in [0.1, 0.15) is 0 Å². The molecular weight excluding hydrogens is 216 g/mol. The quantitative estimate of drug-likeness (QED) is 0.729. The smallest absolute Gasteiger partial charge is 0.236 e. The van der Waals surface area contributed by atoms with Crippen LogP contribution in [0.2, 0.25) is 0 Å². The molecule has 0 aromatic rings. The molecule has 1 saturated heterocycles. The zero-order valence-corrected chi connectivity index (χ0v) is 10.6. The minimum Gasteiger partial charge on any atom is -0.378 e. The van der Waals surface area contributed by atoms with E-state index in [1.54, 1.807) is 0 Å². The van der Waals surface area contributed by atoms with Crippen LogP contribution >= 0.6 is 0 Å². The number of ether oxygens (including phenoxy) is 1. The average molecular weight is 240 g/mol. The molecule has 2 aliphatic rings. The van der Waals surface area contributed by atoms with Crippen LogP contribution in [0.3, 0.4) is 0 Å². The van der Waals surface area contributed by atoms with Crippen LogP contribution in [0.5, 0.6) is 0 Å². The number of carbonyl (C=O) groups excluding carboxylic acids is 1. The molecule has 1 aliphatic carbocycles. The van der Waals surface area contributed by atoms with Gasteiger partial charge in [-0.25, -0.2) is 0 Å². The molecule has 4 heteroatoms. The summed E-state index contributed by atoms with van der Waals surface area (Å²) in [5.74, 6) is 1.13. The van der Waals surface area contributed by atoms with Gasteiger partial charge in [0, 0.05) is 13.1 Å². The second-order valence-electron chi connectivity index (χ2n) is 5.11. The number of morpholine rings is 1. The lowest BCUT2D eigenvalue weighted by Gasteiger charge is -2.27. The van der Waals surface area contributed by atoms with Crippen molar-refractivity contribution in [1.82, 2.24) is 10.2 Å². The van der Waals surface area contributed by atoms with E-state index in [0.29, 0.717) is 19.8 Å². The van der Waals surface area contributed by atoms with Gasteiger partial charge in [-0.3, -0.25) is 4.79 Å². The van der Waals surface area contributed by atoms with Crippen molar-refractivity contribution in [2.75, 3.05) is 39.4 Å². The van der Waals surface area contributed by atoms with Crippen molar-refractivity contribution in [1.29, 1.82) is 0 Å². The monoisotopic (exact) mass is 240 g/mol. The fourth-order valence-electron chi connectivity index (χ4n) is 2.73. The van der Waals surface area contributed by atoms with E-state index in [9.17, 15) is 4.79 Å². The van der Waals surface area contributed by atoms with E-state index in [1.807, 2.05) is 4.90 Å². The van der Waals surface area contributed by atoms with Gasteiger partial charge in [-0.15, -0.1) is 0 Å². The van der Waals surface area contributed by atoms with Gasteiger partial charge in [0.2, 0.25) is 5.91 Å². The number of nitrogens with one attached hydrogen (secondary N) is 1. The van der Waals surface area contributed by atoms with Crippen molar-refractivity contribution in [2.45, 2.75) is 32.1 Å². The zero-order chi connectivity index (χ0) is 11.9. The molecular formula is C13H24N2O2. The molecule has 0 unspecified atom stereocenters. The summed E-state index contributed by atoms with van der Waals surface area (Å²) in [7, 11) is 0. The maximum absolute atomic E-state index is 11.8. The van der Waals surface area contributed by atoms with Crippen LogP contribution in [0, 0.1) is 5.92 Å². The number of rotatable bonds is 5. The van der Waals surface area contributed by atoms with Crippen molar-refractivity contribution in [3.8, 4) is 0 Å². The van der Waals surface area contributed by atoms with Crippen LogP contribution in [0.25, 0.3) is 0 Å². The maximum atomic E-state index is 11.8. The zero-order valence-electron chi connectivity index (χ0n) is 10.6. The SMILES string of the molecule is O=C(CNCCC1CCCC1)N1CCOCC1. The molecule has 0 radical (unpaired) electrons. The van der Waals surface area contributed by atoms with Gasteiger partial charge in [0.15, 0.2) is 0 Å². The third-order valence-electron chi connectivity index (χ3n) is 3.84. The Labute approximate surface area is 104 Å². The minimum atomic E-state index is 0.222. The Balaban J connectivity index is 1.53. The van der Waals surface area contributed by atoms with E-state index >= 15 is 0 Å². The van der Waals surface area contributed by atoms with Gasteiger partial charge in [-0.1, -0.05) is 25.7 Å². The number of hydrogen-bond donors (Lipinski definition) is 1. The van der Waals surface area contributed by atoms with Gasteiger partial charge in [0.05, 0.1) is 19.8 Å². The van der Waals surface area contributed by atoms with Crippen LogP contribution in [0.4, 0.5) is 0 Å². The lowest BCUT2D eigenvalue weighted by molar-refractivity contribution is -0.134. The maximum Gasteiger partial charge on any atom is 0.236 e. The third-order valence-corrected chi connectivity index (χ3v) is 3.84. The standard InChI is InChI=1S/C13H24N2O2/c16-13(15-7-9-17-10-8-15)11-14-6-5-12-3-1-2-4-12/h12,14H,1-11H2. The highest BCUT2D eigenvalue weighted by molar-refractivity contribution is 5.78. The minimum absolute atomic E-state index is 0.222. The molecule has 1 saturated carbocycles.